The first kappa shape index (κ1) is 12.4. The van der Waals surface area contributed by atoms with Crippen molar-refractivity contribution < 1.29 is 17.9 Å². The molecule has 0 radical (unpaired) electrons. The fourth-order valence-electron chi connectivity index (χ4n) is 1.50. The van der Waals surface area contributed by atoms with E-state index < -0.39 is 11.7 Å². The molecular weight excluding hydrogens is 247 g/mol. The number of hydrogen-bond acceptors (Lipinski definition) is 3. The molecule has 0 fully saturated rings. The Balaban J connectivity index is 2.52. The Hall–Kier alpha value is -2.05. The molecule has 0 spiro atoms. The lowest BCUT2D eigenvalue weighted by Gasteiger charge is -2.13. The monoisotopic (exact) mass is 257 g/mol. The van der Waals surface area contributed by atoms with Crippen molar-refractivity contribution in [2.45, 2.75) is 13.1 Å². The van der Waals surface area contributed by atoms with Gasteiger partial charge in [-0.3, -0.25) is 4.57 Å². The molecule has 7 heteroatoms. The van der Waals surface area contributed by atoms with Crippen molar-refractivity contribution in [2.24, 2.45) is 0 Å². The third kappa shape index (κ3) is 2.44. The maximum absolute atomic E-state index is 12.6. The van der Waals surface area contributed by atoms with E-state index in [9.17, 15) is 13.2 Å². The second-order valence-electron chi connectivity index (χ2n) is 3.48. The van der Waals surface area contributed by atoms with Gasteiger partial charge in [-0.15, -0.1) is 10.2 Å². The third-order valence-corrected chi connectivity index (χ3v) is 2.28. The Morgan fingerprint density at radius 3 is 2.44 bits per heavy atom. The quantitative estimate of drug-likeness (QED) is 0.848. The van der Waals surface area contributed by atoms with Crippen molar-refractivity contribution >= 4 is 0 Å². The Kier molecular flexibility index (Phi) is 3.22. The lowest BCUT2D eigenvalue weighted by atomic mass is 10.1. The summed E-state index contributed by atoms with van der Waals surface area (Å²) < 4.78 is 44.6. The van der Waals surface area contributed by atoms with Crippen molar-refractivity contribution in [3.05, 3.63) is 36.4 Å². The first-order chi connectivity index (χ1) is 8.52. The largest absolute Gasteiger partial charge is 0.492 e. The molecule has 1 aromatic heterocycles. The number of hydrogen-bond donors (Lipinski definition) is 0. The summed E-state index contributed by atoms with van der Waals surface area (Å²) in [5.41, 5.74) is -0.480. The lowest BCUT2D eigenvalue weighted by molar-refractivity contribution is -0.137. The molecule has 2 rings (SSSR count). The molecule has 0 atom stereocenters. The maximum atomic E-state index is 12.6. The Bertz CT molecular complexity index is 523. The molecule has 0 N–H and O–H groups in total. The molecule has 0 saturated carbocycles. The van der Waals surface area contributed by atoms with Gasteiger partial charge in [0.15, 0.2) is 0 Å². The second kappa shape index (κ2) is 4.67. The van der Waals surface area contributed by atoms with Gasteiger partial charge in [0.2, 0.25) is 0 Å². The van der Waals surface area contributed by atoms with Gasteiger partial charge < -0.3 is 4.74 Å². The highest BCUT2D eigenvalue weighted by Crippen LogP contribution is 2.33. The fourth-order valence-corrected chi connectivity index (χ4v) is 1.50. The van der Waals surface area contributed by atoms with Crippen molar-refractivity contribution in [3.8, 4) is 11.4 Å². The van der Waals surface area contributed by atoms with Crippen molar-refractivity contribution in [1.29, 1.82) is 0 Å². The van der Waals surface area contributed by atoms with Crippen molar-refractivity contribution in [2.75, 3.05) is 6.61 Å². The summed E-state index contributed by atoms with van der Waals surface area (Å²) in [5.74, 6) is 0.352. The predicted molar refractivity (Wildman–Crippen MR) is 57.5 cm³/mol. The zero-order valence-corrected chi connectivity index (χ0v) is 9.48. The van der Waals surface area contributed by atoms with E-state index in [0.29, 0.717) is 12.4 Å². The van der Waals surface area contributed by atoms with Gasteiger partial charge >= 0.3 is 6.18 Å². The average Bonchev–Trinajstić information content (AvgIpc) is 2.82. The van der Waals surface area contributed by atoms with Gasteiger partial charge in [-0.05, 0) is 25.1 Å². The van der Waals surface area contributed by atoms with E-state index in [1.807, 2.05) is 0 Å². The SMILES string of the molecule is CCOc1ccc(C(F)(F)F)cc1-n1cnnc1. The molecule has 4 nitrogen and oxygen atoms in total. The van der Waals surface area contributed by atoms with Crippen LogP contribution >= 0.6 is 0 Å². The van der Waals surface area contributed by atoms with E-state index in [-0.39, 0.29) is 5.69 Å². The molecule has 2 aromatic rings. The van der Waals surface area contributed by atoms with Crippen LogP contribution in [0, 0.1) is 0 Å². The Labute approximate surface area is 101 Å². The van der Waals surface area contributed by atoms with Crippen LogP contribution in [0.3, 0.4) is 0 Å². The highest BCUT2D eigenvalue weighted by molar-refractivity contribution is 5.49. The number of aromatic nitrogens is 3. The lowest BCUT2D eigenvalue weighted by Crippen LogP contribution is -2.07. The first-order valence-corrected chi connectivity index (χ1v) is 5.21. The summed E-state index contributed by atoms with van der Waals surface area (Å²) in [7, 11) is 0. The number of alkyl halides is 3. The minimum absolute atomic E-state index is 0.261. The Morgan fingerprint density at radius 1 is 1.22 bits per heavy atom. The Morgan fingerprint density at radius 2 is 1.89 bits per heavy atom. The number of benzene rings is 1. The highest BCUT2D eigenvalue weighted by Gasteiger charge is 2.31. The molecule has 1 aromatic carbocycles. The smallest absolute Gasteiger partial charge is 0.416 e. The van der Waals surface area contributed by atoms with E-state index in [2.05, 4.69) is 10.2 Å². The predicted octanol–water partition coefficient (Wildman–Crippen LogP) is 2.68. The normalized spacial score (nSPS) is 11.6. The number of nitrogens with zero attached hydrogens (tertiary/aromatic N) is 3. The van der Waals surface area contributed by atoms with Crippen molar-refractivity contribution in [3.63, 3.8) is 0 Å². The van der Waals surface area contributed by atoms with E-state index in [1.54, 1.807) is 6.92 Å². The minimum Gasteiger partial charge on any atom is -0.492 e. The number of rotatable bonds is 3. The first-order valence-electron chi connectivity index (χ1n) is 5.21. The van der Waals surface area contributed by atoms with Crippen molar-refractivity contribution in [1.82, 2.24) is 14.8 Å². The minimum atomic E-state index is -4.40. The van der Waals surface area contributed by atoms with Gasteiger partial charge in [-0.2, -0.15) is 13.2 Å². The van der Waals surface area contributed by atoms with E-state index >= 15 is 0 Å². The van der Waals surface area contributed by atoms with Gasteiger partial charge in [0.1, 0.15) is 18.4 Å². The van der Waals surface area contributed by atoms with E-state index in [4.69, 9.17) is 4.74 Å². The average molecular weight is 257 g/mol. The highest BCUT2D eigenvalue weighted by atomic mass is 19.4. The zero-order valence-electron chi connectivity index (χ0n) is 9.48. The topological polar surface area (TPSA) is 39.9 Å². The van der Waals surface area contributed by atoms with Gasteiger partial charge in [-0.1, -0.05) is 0 Å². The van der Waals surface area contributed by atoms with Crippen LogP contribution in [0.5, 0.6) is 5.75 Å². The third-order valence-electron chi connectivity index (χ3n) is 2.28. The molecule has 0 aliphatic rings. The van der Waals surface area contributed by atoms with Gasteiger partial charge in [0.25, 0.3) is 0 Å². The summed E-state index contributed by atoms with van der Waals surface area (Å²) in [6.45, 7) is 2.12. The number of ether oxygens (including phenoxy) is 1. The fraction of sp³-hybridized carbons (Fsp3) is 0.273. The van der Waals surface area contributed by atoms with Crippen LogP contribution in [0.2, 0.25) is 0 Å². The van der Waals surface area contributed by atoms with Crippen LogP contribution in [-0.2, 0) is 6.18 Å². The molecule has 18 heavy (non-hydrogen) atoms. The maximum Gasteiger partial charge on any atom is 0.416 e. The molecule has 0 aliphatic carbocycles. The van der Waals surface area contributed by atoms with E-state index in [0.717, 1.165) is 12.1 Å². The second-order valence-corrected chi connectivity index (χ2v) is 3.48. The molecule has 0 bridgehead atoms. The molecule has 0 aliphatic heterocycles. The summed E-state index contributed by atoms with van der Waals surface area (Å²) in [6, 6.07) is 3.29. The molecule has 96 valence electrons. The summed E-state index contributed by atoms with van der Waals surface area (Å²) in [6.07, 6.45) is -1.76. The molecular formula is C11H10F3N3O. The van der Waals surface area contributed by atoms with Gasteiger partial charge in [-0.25, -0.2) is 0 Å². The summed E-state index contributed by atoms with van der Waals surface area (Å²) in [5, 5.41) is 7.14. The van der Waals surface area contributed by atoms with Crippen LogP contribution in [0.1, 0.15) is 12.5 Å². The van der Waals surface area contributed by atoms with Crippen LogP contribution in [0.15, 0.2) is 30.9 Å². The van der Waals surface area contributed by atoms with Gasteiger partial charge in [0.05, 0.1) is 17.9 Å². The van der Waals surface area contributed by atoms with Gasteiger partial charge in [0, 0.05) is 0 Å². The molecule has 0 saturated heterocycles. The molecule has 1 heterocycles. The molecule has 0 amide bonds. The van der Waals surface area contributed by atoms with Crippen LogP contribution in [-0.4, -0.2) is 21.4 Å². The molecule has 0 unspecified atom stereocenters. The summed E-state index contributed by atoms with van der Waals surface area (Å²) in [4.78, 5) is 0. The zero-order chi connectivity index (χ0) is 13.2. The van der Waals surface area contributed by atoms with E-state index in [1.165, 1.54) is 23.3 Å². The van der Waals surface area contributed by atoms with Crippen LogP contribution in [0.25, 0.3) is 5.69 Å². The van der Waals surface area contributed by atoms with Crippen LogP contribution in [0.4, 0.5) is 13.2 Å². The van der Waals surface area contributed by atoms with Crippen LogP contribution < -0.4 is 4.74 Å². The summed E-state index contributed by atoms with van der Waals surface area (Å²) >= 11 is 0. The number of halogens is 3. The standard InChI is InChI=1S/C11H10F3N3O/c1-2-18-10-4-3-8(11(12,13)14)5-9(10)17-6-15-16-7-17/h3-7H,2H2,1H3.